The van der Waals surface area contributed by atoms with Crippen molar-refractivity contribution in [3.05, 3.63) is 70.2 Å². The van der Waals surface area contributed by atoms with Gasteiger partial charge in [0, 0.05) is 43.0 Å². The lowest BCUT2D eigenvalue weighted by Gasteiger charge is -2.25. The highest BCUT2D eigenvalue weighted by Gasteiger charge is 2.22. The Kier molecular flexibility index (Phi) is 5.02. The molecule has 7 nitrogen and oxygen atoms in total. The molecule has 4 aromatic rings. The molecule has 0 atom stereocenters. The summed E-state index contributed by atoms with van der Waals surface area (Å²) in [4.78, 5) is 21.1. The minimum atomic E-state index is -0.171. The first-order valence-corrected chi connectivity index (χ1v) is 10.9. The normalized spacial score (nSPS) is 14.0. The largest absolute Gasteiger partial charge is 0.298 e. The van der Waals surface area contributed by atoms with Crippen molar-refractivity contribution in [1.29, 1.82) is 0 Å². The number of nitrogens with zero attached hydrogens (tertiary/aromatic N) is 5. The summed E-state index contributed by atoms with van der Waals surface area (Å²) >= 11 is 1.57. The van der Waals surface area contributed by atoms with Crippen LogP contribution < -0.4 is 5.32 Å². The molecule has 0 aliphatic carbocycles. The highest BCUT2D eigenvalue weighted by molar-refractivity contribution is 7.15. The zero-order valence-electron chi connectivity index (χ0n) is 16.7. The number of carbonyl (C=O) groups excluding carboxylic acids is 1. The molecule has 5 rings (SSSR count). The van der Waals surface area contributed by atoms with Gasteiger partial charge in [-0.3, -0.25) is 15.0 Å². The Morgan fingerprint density at radius 1 is 1.20 bits per heavy atom. The molecular formula is C22H22N6OS. The van der Waals surface area contributed by atoms with Crippen LogP contribution in [-0.4, -0.2) is 37.3 Å². The summed E-state index contributed by atoms with van der Waals surface area (Å²) in [5, 5.41) is 11.9. The Balaban J connectivity index is 1.28. The first kappa shape index (κ1) is 18.9. The van der Waals surface area contributed by atoms with Gasteiger partial charge in [-0.1, -0.05) is 35.5 Å². The Bertz CT molecular complexity index is 1200. The van der Waals surface area contributed by atoms with Gasteiger partial charge < -0.3 is 0 Å². The van der Waals surface area contributed by atoms with Crippen LogP contribution in [0.25, 0.3) is 11.0 Å². The zero-order chi connectivity index (χ0) is 20.5. The summed E-state index contributed by atoms with van der Waals surface area (Å²) in [6.45, 7) is 5.53. The average molecular weight is 419 g/mol. The van der Waals surface area contributed by atoms with Crippen molar-refractivity contribution < 1.29 is 4.79 Å². The molecule has 1 amide bonds. The van der Waals surface area contributed by atoms with E-state index < -0.39 is 0 Å². The number of carbonyl (C=O) groups is 1. The monoisotopic (exact) mass is 418 g/mol. The Morgan fingerprint density at radius 3 is 2.90 bits per heavy atom. The number of aryl methyl sites for hydroxylation is 1. The van der Waals surface area contributed by atoms with E-state index in [1.165, 1.54) is 10.4 Å². The summed E-state index contributed by atoms with van der Waals surface area (Å²) in [5.74, 6) is -0.171. The van der Waals surface area contributed by atoms with Gasteiger partial charge in [-0.05, 0) is 30.7 Å². The summed E-state index contributed by atoms with van der Waals surface area (Å²) in [7, 11) is 0. The predicted octanol–water partition coefficient (Wildman–Crippen LogP) is 3.72. The number of thiazole rings is 1. The van der Waals surface area contributed by atoms with Crippen LogP contribution in [0.5, 0.6) is 0 Å². The lowest BCUT2D eigenvalue weighted by atomic mass is 10.1. The summed E-state index contributed by atoms with van der Waals surface area (Å²) in [5.41, 5.74) is 4.62. The molecule has 30 heavy (non-hydrogen) atoms. The van der Waals surface area contributed by atoms with Crippen LogP contribution in [0.1, 0.15) is 33.4 Å². The molecule has 2 aromatic carbocycles. The van der Waals surface area contributed by atoms with Crippen LogP contribution >= 0.6 is 11.3 Å². The van der Waals surface area contributed by atoms with E-state index in [0.717, 1.165) is 49.3 Å². The lowest BCUT2D eigenvalue weighted by molar-refractivity contribution is 0.102. The van der Waals surface area contributed by atoms with E-state index in [-0.39, 0.29) is 5.91 Å². The van der Waals surface area contributed by atoms with E-state index in [1.807, 2.05) is 29.8 Å². The summed E-state index contributed by atoms with van der Waals surface area (Å²) in [6.07, 6.45) is 0.903. The summed E-state index contributed by atoms with van der Waals surface area (Å²) in [6, 6.07) is 16.0. The minimum absolute atomic E-state index is 0.171. The molecule has 1 aliphatic rings. The maximum Gasteiger partial charge on any atom is 0.257 e. The molecule has 152 valence electrons. The van der Waals surface area contributed by atoms with Gasteiger partial charge in [0.05, 0.1) is 11.2 Å². The number of benzene rings is 2. The van der Waals surface area contributed by atoms with E-state index in [4.69, 9.17) is 0 Å². The highest BCUT2D eigenvalue weighted by atomic mass is 32.1. The van der Waals surface area contributed by atoms with Gasteiger partial charge in [0.1, 0.15) is 5.52 Å². The molecule has 0 saturated carbocycles. The molecule has 0 bridgehead atoms. The Morgan fingerprint density at radius 2 is 2.07 bits per heavy atom. The Labute approximate surface area is 178 Å². The number of anilines is 1. The van der Waals surface area contributed by atoms with Crippen LogP contribution in [0, 0.1) is 0 Å². The summed E-state index contributed by atoms with van der Waals surface area (Å²) < 4.78 is 1.81. The van der Waals surface area contributed by atoms with E-state index in [9.17, 15) is 4.79 Å². The van der Waals surface area contributed by atoms with Crippen molar-refractivity contribution in [1.82, 2.24) is 24.9 Å². The maximum atomic E-state index is 12.7. The smallest absolute Gasteiger partial charge is 0.257 e. The van der Waals surface area contributed by atoms with Crippen molar-refractivity contribution in [3.63, 3.8) is 0 Å². The third-order valence-electron chi connectivity index (χ3n) is 5.36. The molecule has 0 spiro atoms. The van der Waals surface area contributed by atoms with Crippen molar-refractivity contribution in [2.24, 2.45) is 0 Å². The van der Waals surface area contributed by atoms with Gasteiger partial charge in [-0.2, -0.15) is 0 Å². The molecule has 0 saturated heterocycles. The fourth-order valence-corrected chi connectivity index (χ4v) is 4.84. The molecule has 3 heterocycles. The van der Waals surface area contributed by atoms with Crippen LogP contribution in [0.2, 0.25) is 0 Å². The lowest BCUT2D eigenvalue weighted by Crippen LogP contribution is -2.29. The van der Waals surface area contributed by atoms with Crippen LogP contribution in [0.4, 0.5) is 5.13 Å². The number of nitrogens with one attached hydrogen (secondary N) is 1. The molecule has 0 unspecified atom stereocenters. The molecule has 1 aliphatic heterocycles. The van der Waals surface area contributed by atoms with E-state index >= 15 is 0 Å². The van der Waals surface area contributed by atoms with E-state index in [0.29, 0.717) is 10.7 Å². The Hall–Kier alpha value is -3.10. The quantitative estimate of drug-likeness (QED) is 0.535. The number of rotatable bonds is 5. The number of amides is 1. The number of hydrogen-bond donors (Lipinski definition) is 1. The molecule has 2 aromatic heterocycles. The van der Waals surface area contributed by atoms with Crippen LogP contribution in [0.3, 0.4) is 0 Å². The fourth-order valence-electron chi connectivity index (χ4n) is 3.79. The van der Waals surface area contributed by atoms with Crippen molar-refractivity contribution in [3.8, 4) is 0 Å². The predicted molar refractivity (Wildman–Crippen MR) is 118 cm³/mol. The number of fused-ring (bicyclic) bond motifs is 2. The first-order valence-electron chi connectivity index (χ1n) is 10.1. The topological polar surface area (TPSA) is 75.9 Å². The minimum Gasteiger partial charge on any atom is -0.298 e. The second-order valence-electron chi connectivity index (χ2n) is 7.40. The molecule has 8 heteroatoms. The van der Waals surface area contributed by atoms with Gasteiger partial charge in [0.25, 0.3) is 5.91 Å². The highest BCUT2D eigenvalue weighted by Crippen LogP contribution is 2.29. The van der Waals surface area contributed by atoms with E-state index in [1.54, 1.807) is 17.4 Å². The van der Waals surface area contributed by atoms with Crippen LogP contribution in [0.15, 0.2) is 48.5 Å². The van der Waals surface area contributed by atoms with Gasteiger partial charge >= 0.3 is 0 Å². The third-order valence-corrected chi connectivity index (χ3v) is 6.35. The van der Waals surface area contributed by atoms with Crippen LogP contribution in [-0.2, 0) is 26.1 Å². The second kappa shape index (κ2) is 7.97. The molecule has 0 radical (unpaired) electrons. The van der Waals surface area contributed by atoms with Gasteiger partial charge in [-0.25, -0.2) is 9.67 Å². The fraction of sp³-hybridized carbons (Fsp3) is 0.273. The third kappa shape index (κ3) is 3.71. The second-order valence-corrected chi connectivity index (χ2v) is 8.48. The van der Waals surface area contributed by atoms with E-state index in [2.05, 4.69) is 49.8 Å². The first-order chi connectivity index (χ1) is 14.7. The number of aromatic nitrogens is 4. The maximum absolute atomic E-state index is 12.7. The van der Waals surface area contributed by atoms with Crippen molar-refractivity contribution in [2.75, 3.05) is 11.9 Å². The number of hydrogen-bond acceptors (Lipinski definition) is 6. The molecular weight excluding hydrogens is 396 g/mol. The van der Waals surface area contributed by atoms with Gasteiger partial charge in [0.2, 0.25) is 0 Å². The standard InChI is InChI=1S/C22H22N6OS/c1-2-28-19-9-8-16(12-18(19)25-26-28)21(29)24-22-23-17-10-11-27(14-20(17)30-22)13-15-6-4-3-5-7-15/h3-9,12H,2,10-11,13-14H2,1H3,(H,23,24,29). The average Bonchev–Trinajstić information content (AvgIpc) is 3.36. The van der Waals surface area contributed by atoms with Crippen molar-refractivity contribution in [2.45, 2.75) is 33.0 Å². The van der Waals surface area contributed by atoms with Crippen molar-refractivity contribution >= 4 is 33.4 Å². The molecule has 1 N–H and O–H groups in total. The SMILES string of the molecule is CCn1nnc2cc(C(=O)Nc3nc4c(s3)CN(Cc3ccccc3)CC4)ccc21. The van der Waals surface area contributed by atoms with Gasteiger partial charge in [0.15, 0.2) is 5.13 Å². The molecule has 0 fully saturated rings. The zero-order valence-corrected chi connectivity index (χ0v) is 17.5. The van der Waals surface area contributed by atoms with Gasteiger partial charge in [-0.15, -0.1) is 16.4 Å².